The van der Waals surface area contributed by atoms with Crippen LogP contribution in [0, 0.1) is 13.8 Å². The number of carbonyl (C=O) groups excluding carboxylic acids is 4. The zero-order valence-corrected chi connectivity index (χ0v) is 23.4. The summed E-state index contributed by atoms with van der Waals surface area (Å²) in [6, 6.07) is 6.35. The second-order valence-corrected chi connectivity index (χ2v) is 8.74. The number of ether oxygens (including phenoxy) is 2. The van der Waals surface area contributed by atoms with Crippen LogP contribution in [0.15, 0.2) is 51.2 Å². The number of anilines is 1. The smallest absolute Gasteiger partial charge is 0.419 e. The number of benzene rings is 1. The number of nitrogens with zero attached hydrogens (tertiary/aromatic N) is 4. The van der Waals surface area contributed by atoms with Gasteiger partial charge < -0.3 is 35.1 Å². The van der Waals surface area contributed by atoms with Gasteiger partial charge in [0.1, 0.15) is 6.26 Å². The highest BCUT2D eigenvalue weighted by atomic mass is 16.7. The third kappa shape index (κ3) is 8.35. The number of hydrogen-bond donors (Lipinski definition) is 4. The molecule has 1 aromatic carbocycles. The van der Waals surface area contributed by atoms with Crippen LogP contribution in [0.1, 0.15) is 57.3 Å². The van der Waals surface area contributed by atoms with E-state index in [9.17, 15) is 24.0 Å². The maximum Gasteiger partial charge on any atom is 0.419 e. The lowest BCUT2D eigenvalue weighted by molar-refractivity contribution is -0.154. The highest BCUT2D eigenvalue weighted by Crippen LogP contribution is 2.24. The van der Waals surface area contributed by atoms with E-state index in [1.807, 2.05) is 0 Å². The van der Waals surface area contributed by atoms with Gasteiger partial charge >= 0.3 is 18.0 Å². The summed E-state index contributed by atoms with van der Waals surface area (Å²) in [6.45, 7) is 4.07. The minimum absolute atomic E-state index is 0.0745. The van der Waals surface area contributed by atoms with E-state index in [0.717, 1.165) is 11.2 Å². The molecule has 0 aliphatic heterocycles. The summed E-state index contributed by atoms with van der Waals surface area (Å²) in [5, 5.41) is 14.9. The molecule has 226 valence electrons. The Bertz CT molecular complexity index is 1560. The van der Waals surface area contributed by atoms with Gasteiger partial charge in [0, 0.05) is 24.4 Å². The predicted octanol–water partition coefficient (Wildman–Crippen LogP) is 2.90. The average Bonchev–Trinajstić information content (AvgIpc) is 3.62. The monoisotopic (exact) mass is 595 g/mol. The minimum Gasteiger partial charge on any atom is -0.481 e. The van der Waals surface area contributed by atoms with Crippen LogP contribution in [-0.4, -0.2) is 75.5 Å². The second-order valence-electron chi connectivity index (χ2n) is 8.74. The number of aromatic amines is 1. The highest BCUT2D eigenvalue weighted by molar-refractivity contribution is 6.09. The Hall–Kier alpha value is -5.80. The van der Waals surface area contributed by atoms with Gasteiger partial charge in [0.05, 0.1) is 36.1 Å². The molecule has 2 heterocycles. The molecule has 0 saturated heterocycles. The summed E-state index contributed by atoms with van der Waals surface area (Å²) in [6.07, 6.45) is 1.79. The number of esters is 1. The Labute approximate surface area is 244 Å². The van der Waals surface area contributed by atoms with Crippen molar-refractivity contribution in [1.82, 2.24) is 15.0 Å². The van der Waals surface area contributed by atoms with E-state index < -0.39 is 49.5 Å². The first-order valence-electron chi connectivity index (χ1n) is 12.7. The number of amides is 3. The molecular formula is C27H29N7O9. The van der Waals surface area contributed by atoms with E-state index in [0.29, 0.717) is 22.5 Å². The topological polar surface area (TPSA) is 232 Å². The van der Waals surface area contributed by atoms with Gasteiger partial charge in [0.15, 0.2) is 11.7 Å². The van der Waals surface area contributed by atoms with Crippen LogP contribution in [0.3, 0.4) is 0 Å². The summed E-state index contributed by atoms with van der Waals surface area (Å²) in [5.41, 5.74) is 7.77. The van der Waals surface area contributed by atoms with Crippen molar-refractivity contribution in [1.29, 1.82) is 0 Å². The molecule has 0 radical (unpaired) electrons. The number of carbonyl (C=O) groups is 5. The lowest BCUT2D eigenvalue weighted by Crippen LogP contribution is -2.37. The van der Waals surface area contributed by atoms with Crippen LogP contribution in [0.25, 0.3) is 0 Å². The fourth-order valence-electron chi connectivity index (χ4n) is 3.63. The van der Waals surface area contributed by atoms with E-state index in [2.05, 4.69) is 30.2 Å². The zero-order valence-electron chi connectivity index (χ0n) is 23.4. The van der Waals surface area contributed by atoms with Crippen molar-refractivity contribution in [3.05, 3.63) is 64.7 Å². The van der Waals surface area contributed by atoms with E-state index >= 15 is 0 Å². The molecule has 0 fully saturated rings. The highest BCUT2D eigenvalue weighted by Gasteiger charge is 2.27. The maximum absolute atomic E-state index is 13.2. The van der Waals surface area contributed by atoms with Crippen LogP contribution < -0.4 is 11.1 Å². The molecule has 43 heavy (non-hydrogen) atoms. The van der Waals surface area contributed by atoms with Gasteiger partial charge in [0.2, 0.25) is 6.79 Å². The number of H-pyrrole nitrogens is 1. The molecule has 0 saturated carbocycles. The molecule has 0 aliphatic carbocycles. The molecule has 0 atom stereocenters. The molecule has 2 aromatic heterocycles. The Balaban J connectivity index is 1.80. The average molecular weight is 596 g/mol. The Morgan fingerprint density at radius 3 is 2.58 bits per heavy atom. The molecule has 0 unspecified atom stereocenters. The second kappa shape index (κ2) is 14.7. The quantitative estimate of drug-likeness (QED) is 0.109. The van der Waals surface area contributed by atoms with Crippen LogP contribution >= 0.6 is 0 Å². The summed E-state index contributed by atoms with van der Waals surface area (Å²) >= 11 is 0. The van der Waals surface area contributed by atoms with Crippen molar-refractivity contribution < 1.29 is 43.1 Å². The Kier molecular flexibility index (Phi) is 10.9. The molecule has 0 aliphatic rings. The number of carboxylic acids is 1. The number of rotatable bonds is 11. The first-order chi connectivity index (χ1) is 20.5. The summed E-state index contributed by atoms with van der Waals surface area (Å²) in [7, 11) is 0. The first-order valence-corrected chi connectivity index (χ1v) is 12.7. The zero-order chi connectivity index (χ0) is 31.5. The molecule has 0 bridgehead atoms. The minimum atomic E-state index is -1.18. The number of hydrogen-bond acceptors (Lipinski definition) is 10. The van der Waals surface area contributed by atoms with Gasteiger partial charge in [-0.3, -0.25) is 19.2 Å². The first kappa shape index (κ1) is 31.7. The van der Waals surface area contributed by atoms with E-state index in [1.54, 1.807) is 39.0 Å². The summed E-state index contributed by atoms with van der Waals surface area (Å²) in [5.74, 6) is -2.89. The van der Waals surface area contributed by atoms with Crippen molar-refractivity contribution in [2.75, 3.05) is 18.7 Å². The Morgan fingerprint density at radius 1 is 1.16 bits per heavy atom. The van der Waals surface area contributed by atoms with Crippen LogP contribution in [-0.2, 0) is 19.1 Å². The molecule has 3 rings (SSSR count). The van der Waals surface area contributed by atoms with E-state index in [1.165, 1.54) is 18.5 Å². The van der Waals surface area contributed by atoms with Crippen LogP contribution in [0.5, 0.6) is 0 Å². The van der Waals surface area contributed by atoms with Crippen LogP contribution in [0.2, 0.25) is 0 Å². The van der Waals surface area contributed by atoms with Gasteiger partial charge in [-0.05, 0) is 44.0 Å². The van der Waals surface area contributed by atoms with E-state index in [4.69, 9.17) is 20.1 Å². The number of nitrogens with two attached hydrogens (primary N) is 1. The van der Waals surface area contributed by atoms with Gasteiger partial charge in [-0.2, -0.15) is 0 Å². The summed E-state index contributed by atoms with van der Waals surface area (Å²) < 4.78 is 14.3. The molecule has 16 heteroatoms. The molecular weight excluding hydrogens is 566 g/mol. The lowest BCUT2D eigenvalue weighted by Gasteiger charge is -2.18. The number of aliphatic imine (C=N–C) groups is 2. The standard InChI is InChI=1S/C27H29N7O9/c1-4-34(27(40)42-14-41-22(37)8-7-21(35)36)26(39)18-12-29-23(16(18)3)24(30-13-28)31-19-11-17(6-5-15(19)2)25(38)32-20-9-10-43-33-20/h5-6,9-13,29H,4,7-8,14H2,1-3H3,(H,35,36)(H2,28,30,31)(H,32,33,38). The predicted molar refractivity (Wildman–Crippen MR) is 151 cm³/mol. The Morgan fingerprint density at radius 2 is 1.93 bits per heavy atom. The fourth-order valence-corrected chi connectivity index (χ4v) is 3.63. The van der Waals surface area contributed by atoms with Crippen molar-refractivity contribution in [3.63, 3.8) is 0 Å². The van der Waals surface area contributed by atoms with Gasteiger partial charge in [-0.15, -0.1) is 0 Å². The SMILES string of the molecule is CCN(C(=O)OCOC(=O)CCC(=O)O)C(=O)c1c[nH]c(C(N=CN)=Nc2cc(C(=O)Nc3ccon3)ccc2C)c1C. The van der Waals surface area contributed by atoms with Gasteiger partial charge in [-0.25, -0.2) is 19.7 Å². The number of aryl methyl sites for hydroxylation is 1. The maximum atomic E-state index is 13.2. The van der Waals surface area contributed by atoms with Crippen molar-refractivity contribution in [2.24, 2.45) is 15.7 Å². The molecule has 0 spiro atoms. The van der Waals surface area contributed by atoms with Gasteiger partial charge in [0.25, 0.3) is 11.8 Å². The number of imide groups is 1. The van der Waals surface area contributed by atoms with Crippen molar-refractivity contribution in [3.8, 4) is 0 Å². The fraction of sp³-hybridized carbons (Fsp3) is 0.259. The molecule has 3 amide bonds. The largest absolute Gasteiger partial charge is 0.481 e. The normalized spacial score (nSPS) is 11.3. The molecule has 16 nitrogen and oxygen atoms in total. The number of carboxylic acid groups (broad SMARTS) is 1. The van der Waals surface area contributed by atoms with Gasteiger partial charge in [-0.1, -0.05) is 11.2 Å². The van der Waals surface area contributed by atoms with Crippen molar-refractivity contribution in [2.45, 2.75) is 33.6 Å². The van der Waals surface area contributed by atoms with Crippen LogP contribution in [0.4, 0.5) is 16.3 Å². The molecule has 5 N–H and O–H groups in total. The number of aromatic nitrogens is 2. The summed E-state index contributed by atoms with van der Waals surface area (Å²) in [4.78, 5) is 72.9. The van der Waals surface area contributed by atoms with Crippen molar-refractivity contribution >= 4 is 53.5 Å². The molecule has 3 aromatic rings. The third-order valence-electron chi connectivity index (χ3n) is 5.89. The van der Waals surface area contributed by atoms with E-state index in [-0.39, 0.29) is 29.3 Å². The third-order valence-corrected chi connectivity index (χ3v) is 5.89. The number of aliphatic carboxylic acids is 1. The lowest BCUT2D eigenvalue weighted by atomic mass is 10.1. The number of nitrogens with one attached hydrogen (secondary N) is 2. The number of amidine groups is 1.